The van der Waals surface area contributed by atoms with Crippen molar-refractivity contribution in [3.05, 3.63) is 90.5 Å². The van der Waals surface area contributed by atoms with Crippen molar-refractivity contribution >= 4 is 40.5 Å². The first kappa shape index (κ1) is 22.6. The zero-order valence-electron chi connectivity index (χ0n) is 18.3. The molecule has 4 rings (SSSR count). The van der Waals surface area contributed by atoms with Crippen LogP contribution >= 0.6 is 11.8 Å². The zero-order chi connectivity index (χ0) is 22.9. The first-order valence-electron chi connectivity index (χ1n) is 10.9. The van der Waals surface area contributed by atoms with Gasteiger partial charge in [0.1, 0.15) is 0 Å². The van der Waals surface area contributed by atoms with E-state index in [9.17, 15) is 0 Å². The lowest BCUT2D eigenvalue weighted by Crippen LogP contribution is -2.06. The normalized spacial score (nSPS) is 11.2. The summed E-state index contributed by atoms with van der Waals surface area (Å²) >= 11 is 1.73. The van der Waals surface area contributed by atoms with E-state index in [4.69, 9.17) is 5.21 Å². The third-order valence-corrected chi connectivity index (χ3v) is 6.22. The lowest BCUT2D eigenvalue weighted by molar-refractivity contribution is 0.196. The Balaban J connectivity index is 1.41. The minimum atomic E-state index is 0.649. The molecule has 0 unspecified atom stereocenters. The summed E-state index contributed by atoms with van der Waals surface area (Å²) in [4.78, 5) is 6.64. The first-order chi connectivity index (χ1) is 16.2. The molecule has 0 aliphatic heterocycles. The summed E-state index contributed by atoms with van der Waals surface area (Å²) in [5.74, 6) is 0. The molecule has 0 amide bonds. The zero-order valence-corrected chi connectivity index (χ0v) is 19.1. The van der Waals surface area contributed by atoms with Crippen LogP contribution in [0.5, 0.6) is 0 Å². The maximum absolute atomic E-state index is 8.81. The third-order valence-electron chi connectivity index (χ3n) is 5.16. The summed E-state index contributed by atoms with van der Waals surface area (Å²) in [6.07, 6.45) is 8.45. The van der Waals surface area contributed by atoms with Crippen LogP contribution in [0, 0.1) is 0 Å². The largest absolute Gasteiger partial charge is 0.384 e. The van der Waals surface area contributed by atoms with Gasteiger partial charge in [0, 0.05) is 39.3 Å². The number of aromatic amines is 1. The van der Waals surface area contributed by atoms with E-state index < -0.39 is 0 Å². The Hall–Kier alpha value is -3.55. The van der Waals surface area contributed by atoms with Crippen LogP contribution < -0.4 is 10.8 Å². The molecule has 0 atom stereocenters. The number of anilines is 1. The molecule has 2 heterocycles. The third kappa shape index (κ3) is 6.25. The van der Waals surface area contributed by atoms with Gasteiger partial charge in [-0.15, -0.1) is 0 Å². The average molecular weight is 458 g/mol. The van der Waals surface area contributed by atoms with Crippen LogP contribution in [-0.2, 0) is 0 Å². The minimum absolute atomic E-state index is 0.649. The lowest BCUT2D eigenvalue weighted by atomic mass is 10.2. The number of fused-ring (bicyclic) bond motifs is 1. The molecule has 0 aliphatic carbocycles. The Labute approximate surface area is 197 Å². The molecule has 0 fully saturated rings. The van der Waals surface area contributed by atoms with E-state index in [0.717, 1.165) is 58.7 Å². The van der Waals surface area contributed by atoms with Gasteiger partial charge in [-0.05, 0) is 73.9 Å². The standard InChI is InChI=1S/C26H27N5OS/c1-19(31-32)8-4-6-17-28-24-10-2-3-11-26(24)33-21-13-14-22-23(29-30-25(22)18-21)15-12-20-9-5-7-16-27-20/h2-3,5,7,9-16,18,28,31-32H,1,4,6,8,17H2,(H,29,30)/b15-12+. The van der Waals surface area contributed by atoms with Crippen molar-refractivity contribution in [3.63, 3.8) is 0 Å². The van der Waals surface area contributed by atoms with Crippen molar-refractivity contribution in [2.75, 3.05) is 11.9 Å². The molecule has 0 saturated heterocycles. The summed E-state index contributed by atoms with van der Waals surface area (Å²) in [7, 11) is 0. The molecule has 0 bridgehead atoms. The number of nitrogens with zero attached hydrogens (tertiary/aromatic N) is 2. The van der Waals surface area contributed by atoms with E-state index in [1.165, 1.54) is 4.90 Å². The van der Waals surface area contributed by atoms with Crippen LogP contribution in [0.15, 0.2) is 88.9 Å². The van der Waals surface area contributed by atoms with Gasteiger partial charge in [-0.25, -0.2) is 0 Å². The highest BCUT2D eigenvalue weighted by atomic mass is 32.2. The fourth-order valence-corrected chi connectivity index (χ4v) is 4.38. The number of para-hydroxylation sites is 1. The maximum atomic E-state index is 8.81. The molecular formula is C26H27N5OS. The molecule has 2 aromatic carbocycles. The molecule has 0 spiro atoms. The van der Waals surface area contributed by atoms with Gasteiger partial charge in [-0.2, -0.15) is 5.10 Å². The Morgan fingerprint density at radius 1 is 1.06 bits per heavy atom. The number of benzene rings is 2. The number of hydroxylamine groups is 1. The van der Waals surface area contributed by atoms with E-state index in [2.05, 4.69) is 69.0 Å². The van der Waals surface area contributed by atoms with Gasteiger partial charge < -0.3 is 5.32 Å². The van der Waals surface area contributed by atoms with Crippen molar-refractivity contribution in [2.24, 2.45) is 0 Å². The number of unbranched alkanes of at least 4 members (excludes halogenated alkanes) is 1. The summed E-state index contributed by atoms with van der Waals surface area (Å²) in [6.45, 7) is 4.60. The average Bonchev–Trinajstić information content (AvgIpc) is 3.26. The van der Waals surface area contributed by atoms with Gasteiger partial charge in [-0.3, -0.25) is 20.8 Å². The molecule has 168 valence electrons. The highest BCUT2D eigenvalue weighted by Crippen LogP contribution is 2.35. The van der Waals surface area contributed by atoms with E-state index in [-0.39, 0.29) is 0 Å². The van der Waals surface area contributed by atoms with Crippen LogP contribution in [0.2, 0.25) is 0 Å². The van der Waals surface area contributed by atoms with Gasteiger partial charge in [0.2, 0.25) is 0 Å². The molecule has 6 nitrogen and oxygen atoms in total. The second kappa shape index (κ2) is 11.4. The first-order valence-corrected chi connectivity index (χ1v) is 11.7. The number of aromatic nitrogens is 3. The van der Waals surface area contributed by atoms with Gasteiger partial charge in [-0.1, -0.05) is 36.5 Å². The molecule has 0 radical (unpaired) electrons. The van der Waals surface area contributed by atoms with Crippen LogP contribution in [0.1, 0.15) is 30.7 Å². The predicted molar refractivity (Wildman–Crippen MR) is 136 cm³/mol. The molecule has 0 saturated carbocycles. The fraction of sp³-hybridized carbons (Fsp3) is 0.154. The quantitative estimate of drug-likeness (QED) is 0.155. The number of rotatable bonds is 11. The van der Waals surface area contributed by atoms with Crippen molar-refractivity contribution in [1.82, 2.24) is 20.7 Å². The maximum Gasteiger partial charge on any atom is 0.0928 e. The van der Waals surface area contributed by atoms with Gasteiger partial charge >= 0.3 is 0 Å². The van der Waals surface area contributed by atoms with Crippen LogP contribution in [-0.4, -0.2) is 26.9 Å². The van der Waals surface area contributed by atoms with Crippen molar-refractivity contribution in [2.45, 2.75) is 29.1 Å². The van der Waals surface area contributed by atoms with Gasteiger partial charge in [0.15, 0.2) is 0 Å². The molecule has 2 aromatic heterocycles. The van der Waals surface area contributed by atoms with Crippen molar-refractivity contribution < 1.29 is 5.21 Å². The predicted octanol–water partition coefficient (Wildman–Crippen LogP) is 6.35. The summed E-state index contributed by atoms with van der Waals surface area (Å²) in [5.41, 5.74) is 6.67. The van der Waals surface area contributed by atoms with E-state index in [1.54, 1.807) is 18.0 Å². The second-order valence-corrected chi connectivity index (χ2v) is 8.72. The molecule has 4 aromatic rings. The second-order valence-electron chi connectivity index (χ2n) is 7.60. The smallest absolute Gasteiger partial charge is 0.0928 e. The SMILES string of the molecule is C=C(CCCCNc1ccccc1Sc1ccc2c(/C=C/c3ccccn3)n[nH]c2c1)NO. The number of hydrogen-bond acceptors (Lipinski definition) is 6. The molecule has 4 N–H and O–H groups in total. The highest BCUT2D eigenvalue weighted by molar-refractivity contribution is 7.99. The van der Waals surface area contributed by atoms with E-state index in [0.29, 0.717) is 5.70 Å². The number of H-pyrrole nitrogens is 1. The molecule has 33 heavy (non-hydrogen) atoms. The fourth-order valence-electron chi connectivity index (χ4n) is 3.42. The molecule has 0 aliphatic rings. The number of pyridine rings is 1. The van der Waals surface area contributed by atoms with Crippen molar-refractivity contribution in [1.29, 1.82) is 0 Å². The van der Waals surface area contributed by atoms with E-state index in [1.807, 2.05) is 36.4 Å². The number of nitrogens with one attached hydrogen (secondary N) is 3. The number of hydrogen-bond donors (Lipinski definition) is 4. The Morgan fingerprint density at radius 3 is 2.79 bits per heavy atom. The monoisotopic (exact) mass is 457 g/mol. The van der Waals surface area contributed by atoms with Crippen LogP contribution in [0.3, 0.4) is 0 Å². The Bertz CT molecular complexity index is 1240. The Kier molecular flexibility index (Phi) is 7.79. The van der Waals surface area contributed by atoms with Gasteiger partial charge in [0.05, 0.1) is 16.9 Å². The summed E-state index contributed by atoms with van der Waals surface area (Å²) in [5, 5.41) is 21.0. The van der Waals surface area contributed by atoms with Crippen LogP contribution in [0.4, 0.5) is 5.69 Å². The molecule has 7 heteroatoms. The van der Waals surface area contributed by atoms with Crippen LogP contribution in [0.25, 0.3) is 23.1 Å². The summed E-state index contributed by atoms with van der Waals surface area (Å²) < 4.78 is 0. The Morgan fingerprint density at radius 2 is 1.94 bits per heavy atom. The van der Waals surface area contributed by atoms with Crippen molar-refractivity contribution in [3.8, 4) is 0 Å². The lowest BCUT2D eigenvalue weighted by Gasteiger charge is -2.12. The topological polar surface area (TPSA) is 85.9 Å². The van der Waals surface area contributed by atoms with E-state index >= 15 is 0 Å². The summed E-state index contributed by atoms with van der Waals surface area (Å²) in [6, 6.07) is 20.5. The van der Waals surface area contributed by atoms with Gasteiger partial charge in [0.25, 0.3) is 0 Å². The number of allylic oxidation sites excluding steroid dienone is 1. The highest BCUT2D eigenvalue weighted by Gasteiger charge is 2.08. The molecular weight excluding hydrogens is 430 g/mol. The minimum Gasteiger partial charge on any atom is -0.384 e.